The molecule has 20 heavy (non-hydrogen) atoms. The zero-order chi connectivity index (χ0) is 14.5. The number of piperidine rings is 1. The Bertz CT molecular complexity index is 437. The standard InChI is InChI=1S/C14H24N4O2/c1-10-14(11(2)17-16-10)15-13(20)9-18-7-4-3-5-12(18)6-8-19/h12,19H,3-9H2,1-2H3,(H,15,20)(H,16,17). The minimum atomic E-state index is -0.0116. The first-order valence-corrected chi connectivity index (χ1v) is 7.28. The summed E-state index contributed by atoms with van der Waals surface area (Å²) in [5, 5.41) is 19.0. The summed E-state index contributed by atoms with van der Waals surface area (Å²) in [5.74, 6) is -0.0116. The molecule has 1 aromatic rings. The van der Waals surface area contributed by atoms with Crippen LogP contribution in [0.2, 0.25) is 0 Å². The molecule has 0 spiro atoms. The number of aromatic nitrogens is 2. The van der Waals surface area contributed by atoms with Crippen LogP contribution in [-0.2, 0) is 4.79 Å². The van der Waals surface area contributed by atoms with Gasteiger partial charge in [0.1, 0.15) is 0 Å². The first-order valence-electron chi connectivity index (χ1n) is 7.28. The molecular weight excluding hydrogens is 256 g/mol. The third-order valence-corrected chi connectivity index (χ3v) is 3.95. The van der Waals surface area contributed by atoms with Crippen molar-refractivity contribution in [3.05, 3.63) is 11.4 Å². The Balaban J connectivity index is 1.93. The number of aliphatic hydroxyl groups is 1. The average Bonchev–Trinajstić information content (AvgIpc) is 2.73. The van der Waals surface area contributed by atoms with Gasteiger partial charge < -0.3 is 10.4 Å². The molecule has 6 heteroatoms. The first-order chi connectivity index (χ1) is 9.61. The van der Waals surface area contributed by atoms with E-state index in [1.807, 2.05) is 13.8 Å². The van der Waals surface area contributed by atoms with Gasteiger partial charge in [0.05, 0.1) is 23.6 Å². The Kier molecular flexibility index (Phi) is 5.14. The topological polar surface area (TPSA) is 81.2 Å². The molecule has 1 aromatic heterocycles. The number of amides is 1. The van der Waals surface area contributed by atoms with Crippen LogP contribution in [0.25, 0.3) is 0 Å². The van der Waals surface area contributed by atoms with Gasteiger partial charge >= 0.3 is 0 Å². The van der Waals surface area contributed by atoms with Crippen LogP contribution in [0.1, 0.15) is 37.1 Å². The number of rotatable bonds is 5. The normalized spacial score (nSPS) is 20.1. The van der Waals surface area contributed by atoms with E-state index in [-0.39, 0.29) is 12.5 Å². The SMILES string of the molecule is Cc1n[nH]c(C)c1NC(=O)CN1CCCCC1CCO. The van der Waals surface area contributed by atoms with Crippen LogP contribution in [-0.4, -0.2) is 51.8 Å². The summed E-state index contributed by atoms with van der Waals surface area (Å²) in [6.45, 7) is 5.26. The van der Waals surface area contributed by atoms with Crippen molar-refractivity contribution in [2.24, 2.45) is 0 Å². The molecule has 2 heterocycles. The molecule has 6 nitrogen and oxygen atoms in total. The van der Waals surface area contributed by atoms with Gasteiger partial charge in [0, 0.05) is 12.6 Å². The van der Waals surface area contributed by atoms with Crippen LogP contribution in [0.5, 0.6) is 0 Å². The van der Waals surface area contributed by atoms with Gasteiger partial charge in [0.25, 0.3) is 0 Å². The highest BCUT2D eigenvalue weighted by Crippen LogP contribution is 2.20. The minimum Gasteiger partial charge on any atom is -0.396 e. The Morgan fingerprint density at radius 2 is 2.30 bits per heavy atom. The van der Waals surface area contributed by atoms with E-state index in [0.717, 1.165) is 42.9 Å². The van der Waals surface area contributed by atoms with Crippen molar-refractivity contribution in [1.29, 1.82) is 0 Å². The van der Waals surface area contributed by atoms with Crippen molar-refractivity contribution in [2.45, 2.75) is 45.6 Å². The number of H-pyrrole nitrogens is 1. The molecule has 0 aromatic carbocycles. The van der Waals surface area contributed by atoms with E-state index >= 15 is 0 Å². The van der Waals surface area contributed by atoms with E-state index in [2.05, 4.69) is 20.4 Å². The number of nitrogens with zero attached hydrogens (tertiary/aromatic N) is 2. The highest BCUT2D eigenvalue weighted by Gasteiger charge is 2.24. The van der Waals surface area contributed by atoms with E-state index in [4.69, 9.17) is 5.11 Å². The van der Waals surface area contributed by atoms with Gasteiger partial charge in [0.15, 0.2) is 0 Å². The van der Waals surface area contributed by atoms with E-state index in [1.54, 1.807) is 0 Å². The number of carbonyl (C=O) groups is 1. The smallest absolute Gasteiger partial charge is 0.238 e. The zero-order valence-electron chi connectivity index (χ0n) is 12.3. The molecule has 1 saturated heterocycles. The Labute approximate surface area is 119 Å². The molecular formula is C14H24N4O2. The maximum absolute atomic E-state index is 12.2. The number of hydrogen-bond donors (Lipinski definition) is 3. The second kappa shape index (κ2) is 6.85. The number of aryl methyl sites for hydroxylation is 2. The number of anilines is 1. The highest BCUT2D eigenvalue weighted by molar-refractivity contribution is 5.93. The summed E-state index contributed by atoms with van der Waals surface area (Å²) in [7, 11) is 0. The molecule has 1 unspecified atom stereocenters. The molecule has 0 bridgehead atoms. The number of aromatic amines is 1. The van der Waals surface area contributed by atoms with Gasteiger partial charge in [-0.1, -0.05) is 6.42 Å². The monoisotopic (exact) mass is 280 g/mol. The van der Waals surface area contributed by atoms with E-state index in [1.165, 1.54) is 6.42 Å². The van der Waals surface area contributed by atoms with Gasteiger partial charge in [-0.05, 0) is 39.7 Å². The fourth-order valence-electron chi connectivity index (χ4n) is 2.84. The number of aliphatic hydroxyl groups excluding tert-OH is 1. The summed E-state index contributed by atoms with van der Waals surface area (Å²) >= 11 is 0. The predicted octanol–water partition coefficient (Wildman–Crippen LogP) is 1.20. The minimum absolute atomic E-state index is 0.0116. The lowest BCUT2D eigenvalue weighted by Gasteiger charge is -2.34. The Morgan fingerprint density at radius 1 is 1.50 bits per heavy atom. The third-order valence-electron chi connectivity index (χ3n) is 3.95. The maximum atomic E-state index is 12.2. The van der Waals surface area contributed by atoms with Gasteiger partial charge in [-0.15, -0.1) is 0 Å². The van der Waals surface area contributed by atoms with Crippen molar-refractivity contribution >= 4 is 11.6 Å². The van der Waals surface area contributed by atoms with Crippen LogP contribution in [0.15, 0.2) is 0 Å². The van der Waals surface area contributed by atoms with Gasteiger partial charge in [-0.2, -0.15) is 5.10 Å². The highest BCUT2D eigenvalue weighted by atomic mass is 16.3. The number of nitrogens with one attached hydrogen (secondary N) is 2. The molecule has 0 saturated carbocycles. The largest absolute Gasteiger partial charge is 0.396 e. The Morgan fingerprint density at radius 3 is 2.95 bits per heavy atom. The second-order valence-corrected chi connectivity index (χ2v) is 5.49. The van der Waals surface area contributed by atoms with Crippen LogP contribution < -0.4 is 5.32 Å². The molecule has 1 aliphatic heterocycles. The lowest BCUT2D eigenvalue weighted by atomic mass is 9.99. The quantitative estimate of drug-likeness (QED) is 0.757. The summed E-state index contributed by atoms with van der Waals surface area (Å²) in [4.78, 5) is 14.4. The van der Waals surface area contributed by atoms with Crippen molar-refractivity contribution in [3.63, 3.8) is 0 Å². The van der Waals surface area contributed by atoms with Gasteiger partial charge in [-0.25, -0.2) is 0 Å². The second-order valence-electron chi connectivity index (χ2n) is 5.49. The van der Waals surface area contributed by atoms with Crippen molar-refractivity contribution < 1.29 is 9.90 Å². The lowest BCUT2D eigenvalue weighted by molar-refractivity contribution is -0.118. The van der Waals surface area contributed by atoms with E-state index in [9.17, 15) is 4.79 Å². The fraction of sp³-hybridized carbons (Fsp3) is 0.714. The van der Waals surface area contributed by atoms with E-state index < -0.39 is 0 Å². The molecule has 112 valence electrons. The third kappa shape index (κ3) is 3.58. The number of likely N-dealkylation sites (tertiary alicyclic amines) is 1. The lowest BCUT2D eigenvalue weighted by Crippen LogP contribution is -2.44. The Hall–Kier alpha value is -1.40. The van der Waals surface area contributed by atoms with Crippen LogP contribution in [0.3, 0.4) is 0 Å². The number of carbonyl (C=O) groups excluding carboxylic acids is 1. The number of hydrogen-bond acceptors (Lipinski definition) is 4. The first kappa shape index (κ1) is 15.0. The van der Waals surface area contributed by atoms with Crippen molar-refractivity contribution in [3.8, 4) is 0 Å². The molecule has 0 radical (unpaired) electrons. The van der Waals surface area contributed by atoms with E-state index in [0.29, 0.717) is 12.6 Å². The molecule has 1 atom stereocenters. The predicted molar refractivity (Wildman–Crippen MR) is 77.6 cm³/mol. The fourth-order valence-corrected chi connectivity index (χ4v) is 2.84. The zero-order valence-corrected chi connectivity index (χ0v) is 12.3. The molecule has 1 fully saturated rings. The molecule has 1 amide bonds. The molecule has 2 rings (SSSR count). The summed E-state index contributed by atoms with van der Waals surface area (Å²) < 4.78 is 0. The summed E-state index contributed by atoms with van der Waals surface area (Å²) in [6, 6.07) is 0.325. The molecule has 3 N–H and O–H groups in total. The average molecular weight is 280 g/mol. The molecule has 0 aliphatic carbocycles. The van der Waals surface area contributed by atoms with Crippen LogP contribution in [0, 0.1) is 13.8 Å². The van der Waals surface area contributed by atoms with Crippen molar-refractivity contribution in [1.82, 2.24) is 15.1 Å². The summed E-state index contributed by atoms with van der Waals surface area (Å²) in [6.07, 6.45) is 4.12. The molecule has 1 aliphatic rings. The van der Waals surface area contributed by atoms with Crippen LogP contribution >= 0.6 is 0 Å². The van der Waals surface area contributed by atoms with Crippen LogP contribution in [0.4, 0.5) is 5.69 Å². The van der Waals surface area contributed by atoms with Gasteiger partial charge in [-0.3, -0.25) is 14.8 Å². The summed E-state index contributed by atoms with van der Waals surface area (Å²) in [5.41, 5.74) is 2.47. The maximum Gasteiger partial charge on any atom is 0.238 e. The van der Waals surface area contributed by atoms with Gasteiger partial charge in [0.2, 0.25) is 5.91 Å². The van der Waals surface area contributed by atoms with Crippen molar-refractivity contribution in [2.75, 3.05) is 25.0 Å².